The van der Waals surface area contributed by atoms with Crippen molar-refractivity contribution in [3.8, 4) is 11.3 Å². The van der Waals surface area contributed by atoms with Gasteiger partial charge in [-0.25, -0.2) is 0 Å². The summed E-state index contributed by atoms with van der Waals surface area (Å²) in [4.78, 5) is 12.8. The number of hydrogen-bond donors (Lipinski definition) is 0. The fourth-order valence-corrected chi connectivity index (χ4v) is 2.77. The van der Waals surface area contributed by atoms with Gasteiger partial charge in [0.15, 0.2) is 0 Å². The van der Waals surface area contributed by atoms with Crippen LogP contribution in [0.25, 0.3) is 33.1 Å². The summed E-state index contributed by atoms with van der Waals surface area (Å²) in [6.07, 6.45) is 5.30. The van der Waals surface area contributed by atoms with Crippen LogP contribution in [0.3, 0.4) is 0 Å². The van der Waals surface area contributed by atoms with Crippen molar-refractivity contribution in [1.82, 2.24) is 15.0 Å². The SMILES string of the molecule is F[P-](F)(F)(F)(F)F.Fc1c[c-]c(-c2ccccn2)cc1.[Ir+3].c1cnc2c(c1)ccc1cccnc12. The minimum Gasteiger partial charge on any atom is -0.305 e. The molecule has 0 N–H and O–H groups in total. The molecule has 12 heteroatoms. The van der Waals surface area contributed by atoms with Gasteiger partial charge in [-0.3, -0.25) is 14.4 Å². The van der Waals surface area contributed by atoms with Crippen LogP contribution in [0.2, 0.25) is 0 Å². The van der Waals surface area contributed by atoms with E-state index >= 15 is 0 Å². The minimum atomic E-state index is -10.7. The summed E-state index contributed by atoms with van der Waals surface area (Å²) in [6, 6.07) is 24.9. The zero-order valence-electron chi connectivity index (χ0n) is 17.4. The van der Waals surface area contributed by atoms with Crippen LogP contribution in [-0.2, 0) is 20.1 Å². The summed E-state index contributed by atoms with van der Waals surface area (Å²) < 4.78 is 71.7. The van der Waals surface area contributed by atoms with Crippen molar-refractivity contribution in [2.75, 3.05) is 0 Å². The van der Waals surface area contributed by atoms with Crippen LogP contribution < -0.4 is 0 Å². The molecule has 0 unspecified atom stereocenters. The average Bonchev–Trinajstić information content (AvgIpc) is 2.78. The first-order valence-corrected chi connectivity index (χ1v) is 11.5. The zero-order valence-corrected chi connectivity index (χ0v) is 20.7. The first-order chi connectivity index (χ1) is 15.8. The van der Waals surface area contributed by atoms with Crippen LogP contribution in [-0.4, -0.2) is 15.0 Å². The number of nitrogens with zero attached hydrogens (tertiary/aromatic N) is 3. The molecule has 3 heterocycles. The molecule has 0 aliphatic carbocycles. The van der Waals surface area contributed by atoms with E-state index in [9.17, 15) is 29.6 Å². The van der Waals surface area contributed by atoms with Crippen LogP contribution in [0.15, 0.2) is 91.4 Å². The van der Waals surface area contributed by atoms with E-state index < -0.39 is 7.81 Å². The van der Waals surface area contributed by atoms with Crippen molar-refractivity contribution in [3.63, 3.8) is 0 Å². The summed E-state index contributed by atoms with van der Waals surface area (Å²) in [7, 11) is -10.7. The summed E-state index contributed by atoms with van der Waals surface area (Å²) in [6.45, 7) is 0. The molecule has 0 amide bonds. The van der Waals surface area contributed by atoms with Crippen LogP contribution >= 0.6 is 7.81 Å². The molecule has 0 aliphatic rings. The Morgan fingerprint density at radius 3 is 1.54 bits per heavy atom. The second-order valence-corrected chi connectivity index (χ2v) is 8.73. The van der Waals surface area contributed by atoms with Gasteiger partial charge in [-0.15, -0.1) is 29.8 Å². The van der Waals surface area contributed by atoms with Gasteiger partial charge in [0.2, 0.25) is 0 Å². The van der Waals surface area contributed by atoms with Gasteiger partial charge in [0, 0.05) is 35.2 Å². The molecule has 0 bridgehead atoms. The van der Waals surface area contributed by atoms with Crippen LogP contribution in [0.4, 0.5) is 29.6 Å². The van der Waals surface area contributed by atoms with E-state index in [0.717, 1.165) is 33.1 Å². The molecule has 3 aromatic heterocycles. The smallest absolute Gasteiger partial charge is 0.305 e. The topological polar surface area (TPSA) is 38.7 Å². The zero-order chi connectivity index (χ0) is 24.9. The van der Waals surface area contributed by atoms with Crippen LogP contribution in [0, 0.1) is 11.9 Å². The van der Waals surface area contributed by atoms with E-state index in [0.29, 0.717) is 0 Å². The number of pyridine rings is 3. The molecule has 3 nitrogen and oxygen atoms in total. The maximum atomic E-state index is 12.6. The molecule has 0 saturated heterocycles. The maximum absolute atomic E-state index is 12.6. The molecule has 2 aromatic carbocycles. The van der Waals surface area contributed by atoms with E-state index in [2.05, 4.69) is 45.3 Å². The van der Waals surface area contributed by atoms with Crippen molar-refractivity contribution >= 4 is 29.6 Å². The van der Waals surface area contributed by atoms with Crippen LogP contribution in [0.5, 0.6) is 0 Å². The number of halogens is 7. The Kier molecular flexibility index (Phi) is 8.32. The monoisotopic (exact) mass is 690 g/mol. The van der Waals surface area contributed by atoms with Gasteiger partial charge in [0.1, 0.15) is 0 Å². The quantitative estimate of drug-likeness (QED) is 0.0765. The number of rotatable bonds is 1. The summed E-state index contributed by atoms with van der Waals surface area (Å²) in [5, 5.41) is 2.28. The molecule has 0 spiro atoms. The van der Waals surface area contributed by atoms with E-state index in [1.54, 1.807) is 24.7 Å². The van der Waals surface area contributed by atoms with Crippen molar-refractivity contribution in [2.45, 2.75) is 0 Å². The molecule has 5 rings (SSSR count). The first kappa shape index (κ1) is 28.2. The standard InChI is InChI=1S/C12H8N2.C11H7FN.F6P.Ir/c1-3-9-5-6-10-4-2-8-14-12(10)11(9)13-7-1;12-10-6-4-9(5-7-10)11-3-1-2-8-13-11;1-7(2,3,4,5)6;/h1-8H;1-4,6-8H;;/q;2*-1;+3. The predicted molar refractivity (Wildman–Crippen MR) is 119 cm³/mol. The van der Waals surface area contributed by atoms with Crippen molar-refractivity contribution < 1.29 is 49.7 Å². The largest absolute Gasteiger partial charge is 3.00 e. The Bertz CT molecular complexity index is 1330. The second kappa shape index (κ2) is 10.3. The van der Waals surface area contributed by atoms with Gasteiger partial charge in [-0.05, 0) is 23.9 Å². The fourth-order valence-electron chi connectivity index (χ4n) is 2.77. The molecule has 184 valence electrons. The van der Waals surface area contributed by atoms with Gasteiger partial charge < -0.3 is 4.98 Å². The predicted octanol–water partition coefficient (Wildman–Crippen LogP) is 8.85. The molecule has 0 atom stereocenters. The number of aromatic nitrogens is 3. The van der Waals surface area contributed by atoms with Crippen molar-refractivity contribution in [2.24, 2.45) is 0 Å². The second-order valence-electron chi connectivity index (χ2n) is 6.81. The Morgan fingerprint density at radius 1 is 0.600 bits per heavy atom. The Morgan fingerprint density at radius 2 is 1.11 bits per heavy atom. The number of fused-ring (bicyclic) bond motifs is 3. The average molecular weight is 690 g/mol. The Balaban J connectivity index is 0.000000194. The van der Waals surface area contributed by atoms with Gasteiger partial charge in [-0.2, -0.15) is 0 Å². The third kappa shape index (κ3) is 10.4. The number of benzene rings is 2. The van der Waals surface area contributed by atoms with E-state index in [1.165, 1.54) is 12.1 Å². The third-order valence-electron chi connectivity index (χ3n) is 4.06. The van der Waals surface area contributed by atoms with Gasteiger partial charge in [-0.1, -0.05) is 36.4 Å². The Labute approximate surface area is 208 Å². The third-order valence-corrected chi connectivity index (χ3v) is 4.06. The summed E-state index contributed by atoms with van der Waals surface area (Å²) in [5.41, 5.74) is 3.57. The van der Waals surface area contributed by atoms with E-state index in [-0.39, 0.29) is 25.9 Å². The fraction of sp³-hybridized carbons (Fsp3) is 0. The van der Waals surface area contributed by atoms with E-state index in [1.807, 2.05) is 30.3 Å². The van der Waals surface area contributed by atoms with E-state index in [4.69, 9.17) is 0 Å². The molecule has 35 heavy (non-hydrogen) atoms. The molecule has 0 fully saturated rings. The molecule has 0 saturated carbocycles. The molecule has 5 aromatic rings. The van der Waals surface area contributed by atoms with Crippen molar-refractivity contribution in [3.05, 3.63) is 103 Å². The summed E-state index contributed by atoms with van der Waals surface area (Å²) in [5.74, 6) is -0.278. The first-order valence-electron chi connectivity index (χ1n) is 9.50. The minimum absolute atomic E-state index is 0. The van der Waals surface area contributed by atoms with Gasteiger partial charge in [0.25, 0.3) is 0 Å². The number of hydrogen-bond acceptors (Lipinski definition) is 3. The maximum Gasteiger partial charge on any atom is 3.00 e. The molecule has 0 aliphatic heterocycles. The Hall–Kier alpha value is -3.00. The van der Waals surface area contributed by atoms with Gasteiger partial charge in [0.05, 0.1) is 11.0 Å². The molecular weight excluding hydrogens is 674 g/mol. The van der Waals surface area contributed by atoms with Gasteiger partial charge >= 0.3 is 53.1 Å². The molecular formula is C23H15F7IrN3P+. The summed E-state index contributed by atoms with van der Waals surface area (Å²) >= 11 is 0. The molecule has 0 radical (unpaired) electrons. The van der Waals surface area contributed by atoms with Crippen LogP contribution in [0.1, 0.15) is 0 Å². The van der Waals surface area contributed by atoms with Crippen molar-refractivity contribution in [1.29, 1.82) is 0 Å². The normalized spacial score (nSPS) is 12.7.